The van der Waals surface area contributed by atoms with Crippen molar-refractivity contribution in [2.75, 3.05) is 7.11 Å². The monoisotopic (exact) mass is 230 g/mol. The predicted octanol–water partition coefficient (Wildman–Crippen LogP) is 2.63. The average molecular weight is 231 g/mol. The van der Waals surface area contributed by atoms with Crippen LogP contribution in [-0.4, -0.2) is 24.4 Å². The Morgan fingerprint density at radius 3 is 2.67 bits per heavy atom. The van der Waals surface area contributed by atoms with E-state index in [1.54, 1.807) is 7.11 Å². The smallest absolute Gasteiger partial charge is 0.143 e. The van der Waals surface area contributed by atoms with Gasteiger partial charge in [0.15, 0.2) is 0 Å². The van der Waals surface area contributed by atoms with E-state index in [1.165, 1.54) is 0 Å². The molecule has 0 radical (unpaired) electrons. The number of methoxy groups -OCH3 is 1. The second-order valence-electron chi connectivity index (χ2n) is 5.55. The number of hydrogen-bond donors (Lipinski definition) is 0. The number of hydrogen-bond acceptors (Lipinski definition) is 2. The second-order valence-corrected chi connectivity index (χ2v) is 6.11. The zero-order valence-corrected chi connectivity index (χ0v) is 10.4. The number of alkyl halides is 1. The lowest BCUT2D eigenvalue weighted by Crippen LogP contribution is -2.54. The Kier molecular flexibility index (Phi) is 2.85. The molecule has 0 aromatic carbocycles. The molecule has 0 amide bonds. The third-order valence-corrected chi connectivity index (χ3v) is 4.57. The van der Waals surface area contributed by atoms with Gasteiger partial charge in [0.25, 0.3) is 0 Å². The molecule has 0 spiro atoms. The van der Waals surface area contributed by atoms with Gasteiger partial charge in [0.2, 0.25) is 0 Å². The van der Waals surface area contributed by atoms with Crippen molar-refractivity contribution in [2.45, 2.75) is 44.6 Å². The van der Waals surface area contributed by atoms with Gasteiger partial charge in [-0.15, -0.1) is 11.6 Å². The Hall–Kier alpha value is -0.0800. The normalized spacial score (nSPS) is 44.1. The molecule has 0 saturated heterocycles. The molecule has 4 atom stereocenters. The summed E-state index contributed by atoms with van der Waals surface area (Å²) in [6.45, 7) is 4.27. The molecule has 0 N–H and O–H groups in total. The quantitative estimate of drug-likeness (QED) is 0.648. The van der Waals surface area contributed by atoms with E-state index >= 15 is 0 Å². The number of rotatable bonds is 1. The lowest BCUT2D eigenvalue weighted by molar-refractivity contribution is -0.149. The molecular formula is C12H19ClO2. The number of ketones is 1. The molecule has 0 aromatic heterocycles. The van der Waals surface area contributed by atoms with E-state index in [-0.39, 0.29) is 28.7 Å². The van der Waals surface area contributed by atoms with Crippen LogP contribution >= 0.6 is 11.6 Å². The van der Waals surface area contributed by atoms with Crippen molar-refractivity contribution in [3.63, 3.8) is 0 Å². The second kappa shape index (κ2) is 3.74. The van der Waals surface area contributed by atoms with Crippen LogP contribution in [0.2, 0.25) is 0 Å². The van der Waals surface area contributed by atoms with Gasteiger partial charge in [-0.05, 0) is 24.7 Å². The highest BCUT2D eigenvalue weighted by Gasteiger charge is 2.53. The fourth-order valence-corrected chi connectivity index (χ4v) is 3.99. The first-order chi connectivity index (χ1) is 6.97. The van der Waals surface area contributed by atoms with Crippen molar-refractivity contribution >= 4 is 17.4 Å². The van der Waals surface area contributed by atoms with Crippen molar-refractivity contribution < 1.29 is 9.53 Å². The lowest BCUT2D eigenvalue weighted by Gasteiger charge is -2.49. The van der Waals surface area contributed by atoms with E-state index in [0.717, 1.165) is 19.3 Å². The topological polar surface area (TPSA) is 26.3 Å². The first-order valence-electron chi connectivity index (χ1n) is 5.68. The molecule has 0 aromatic rings. The van der Waals surface area contributed by atoms with Gasteiger partial charge in [0.1, 0.15) is 5.78 Å². The summed E-state index contributed by atoms with van der Waals surface area (Å²) in [6.07, 6.45) is 2.91. The van der Waals surface area contributed by atoms with Crippen LogP contribution in [0.5, 0.6) is 0 Å². The van der Waals surface area contributed by atoms with Gasteiger partial charge < -0.3 is 4.74 Å². The lowest BCUT2D eigenvalue weighted by atomic mass is 9.58. The van der Waals surface area contributed by atoms with Crippen molar-refractivity contribution in [3.8, 4) is 0 Å². The highest BCUT2D eigenvalue weighted by molar-refractivity contribution is 6.22. The van der Waals surface area contributed by atoms with E-state index in [1.807, 2.05) is 0 Å². The van der Waals surface area contributed by atoms with Crippen molar-refractivity contribution in [1.29, 1.82) is 0 Å². The van der Waals surface area contributed by atoms with Crippen molar-refractivity contribution in [2.24, 2.45) is 17.3 Å². The number of carbonyl (C=O) groups excluding carboxylic acids is 1. The van der Waals surface area contributed by atoms with Gasteiger partial charge in [0, 0.05) is 24.3 Å². The molecule has 0 heterocycles. The largest absolute Gasteiger partial charge is 0.381 e. The average Bonchev–Trinajstić information content (AvgIpc) is 2.13. The van der Waals surface area contributed by atoms with Crippen LogP contribution in [0, 0.1) is 17.3 Å². The fraction of sp³-hybridized carbons (Fsp3) is 0.917. The van der Waals surface area contributed by atoms with Crippen LogP contribution in [-0.2, 0) is 9.53 Å². The summed E-state index contributed by atoms with van der Waals surface area (Å²) >= 11 is 6.29. The Labute approximate surface area is 96.3 Å². The van der Waals surface area contributed by atoms with E-state index in [0.29, 0.717) is 5.78 Å². The third-order valence-electron chi connectivity index (χ3n) is 4.11. The van der Waals surface area contributed by atoms with Gasteiger partial charge in [-0.1, -0.05) is 13.8 Å². The van der Waals surface area contributed by atoms with E-state index < -0.39 is 0 Å². The molecule has 2 aliphatic rings. The minimum absolute atomic E-state index is 0.0128. The highest BCUT2D eigenvalue weighted by Crippen LogP contribution is 2.50. The van der Waals surface area contributed by atoms with Gasteiger partial charge in [-0.25, -0.2) is 0 Å². The van der Waals surface area contributed by atoms with E-state index in [4.69, 9.17) is 16.3 Å². The van der Waals surface area contributed by atoms with Crippen LogP contribution in [0.15, 0.2) is 0 Å². The van der Waals surface area contributed by atoms with Crippen LogP contribution < -0.4 is 0 Å². The molecule has 2 nitrogen and oxygen atoms in total. The summed E-state index contributed by atoms with van der Waals surface area (Å²) in [5.74, 6) is 0.469. The first kappa shape index (κ1) is 11.4. The molecule has 2 bridgehead atoms. The minimum atomic E-state index is -0.0128. The number of Topliss-reactive ketones (excluding diaryl/α,β-unsaturated/α-hetero) is 1. The van der Waals surface area contributed by atoms with E-state index in [9.17, 15) is 4.79 Å². The number of halogens is 1. The Bertz CT molecular complexity index is 275. The SMILES string of the molecule is CO[C@@H]1CC[C@@H]2C(=O)[C@H]1C(C)(C)CC2Cl. The highest BCUT2D eigenvalue weighted by atomic mass is 35.5. The Morgan fingerprint density at radius 1 is 1.40 bits per heavy atom. The summed E-state index contributed by atoms with van der Waals surface area (Å²) in [7, 11) is 1.71. The standard InChI is InChI=1S/C12H19ClO2/c1-12(2)6-8(13)7-4-5-9(15-3)10(12)11(7)14/h7-10H,4-6H2,1-3H3/t7-,8?,9+,10-/m0/s1. The summed E-state index contributed by atoms with van der Waals surface area (Å²) in [4.78, 5) is 12.2. The fourth-order valence-electron chi connectivity index (χ4n) is 3.34. The molecule has 2 saturated carbocycles. The number of carbonyl (C=O) groups is 1. The molecule has 2 rings (SSSR count). The van der Waals surface area contributed by atoms with Crippen molar-refractivity contribution in [1.82, 2.24) is 0 Å². The zero-order valence-electron chi connectivity index (χ0n) is 9.63. The first-order valence-corrected chi connectivity index (χ1v) is 6.11. The van der Waals surface area contributed by atoms with Crippen LogP contribution in [0.4, 0.5) is 0 Å². The molecule has 2 aliphatic carbocycles. The van der Waals surface area contributed by atoms with Gasteiger partial charge >= 0.3 is 0 Å². The van der Waals surface area contributed by atoms with Gasteiger partial charge in [0.05, 0.1) is 6.10 Å². The summed E-state index contributed by atoms with van der Waals surface area (Å²) in [5.41, 5.74) is -0.0128. The summed E-state index contributed by atoms with van der Waals surface area (Å²) in [5, 5.41) is 0.0292. The minimum Gasteiger partial charge on any atom is -0.381 e. The van der Waals surface area contributed by atoms with Crippen LogP contribution in [0.3, 0.4) is 0 Å². The van der Waals surface area contributed by atoms with Gasteiger partial charge in [-0.2, -0.15) is 0 Å². The van der Waals surface area contributed by atoms with Gasteiger partial charge in [-0.3, -0.25) is 4.79 Å². The predicted molar refractivity (Wildman–Crippen MR) is 60.1 cm³/mol. The molecule has 3 heteroatoms. The van der Waals surface area contributed by atoms with Crippen LogP contribution in [0.25, 0.3) is 0 Å². The Morgan fingerprint density at radius 2 is 2.07 bits per heavy atom. The molecule has 1 unspecified atom stereocenters. The molecule has 15 heavy (non-hydrogen) atoms. The maximum Gasteiger partial charge on any atom is 0.143 e. The Balaban J connectivity index is 2.31. The number of ether oxygens (including phenoxy) is 1. The molecular weight excluding hydrogens is 212 g/mol. The van der Waals surface area contributed by atoms with Crippen LogP contribution in [0.1, 0.15) is 33.1 Å². The molecule has 86 valence electrons. The maximum absolute atomic E-state index is 12.2. The van der Waals surface area contributed by atoms with Crippen molar-refractivity contribution in [3.05, 3.63) is 0 Å². The summed E-state index contributed by atoms with van der Waals surface area (Å²) in [6, 6.07) is 0. The number of fused-ring (bicyclic) bond motifs is 2. The third kappa shape index (κ3) is 1.72. The molecule has 2 fully saturated rings. The zero-order chi connectivity index (χ0) is 11.2. The van der Waals surface area contributed by atoms with E-state index in [2.05, 4.69) is 13.8 Å². The maximum atomic E-state index is 12.2. The summed E-state index contributed by atoms with van der Waals surface area (Å²) < 4.78 is 5.45. The molecule has 0 aliphatic heterocycles.